The first kappa shape index (κ1) is 12.9. The van der Waals surface area contributed by atoms with Crippen molar-refractivity contribution < 1.29 is 9.47 Å². The van der Waals surface area contributed by atoms with Crippen molar-refractivity contribution in [1.82, 2.24) is 10.3 Å². The summed E-state index contributed by atoms with van der Waals surface area (Å²) in [6.45, 7) is 6.06. The lowest BCUT2D eigenvalue weighted by Gasteiger charge is -2.16. The first-order valence-corrected chi connectivity index (χ1v) is 5.59. The van der Waals surface area contributed by atoms with E-state index < -0.39 is 0 Å². The molecule has 0 spiro atoms. The highest BCUT2D eigenvalue weighted by Gasteiger charge is 2.07. The molecule has 4 heteroatoms. The molecular weight excluding hydrogens is 204 g/mol. The van der Waals surface area contributed by atoms with Gasteiger partial charge in [-0.25, -0.2) is 0 Å². The minimum absolute atomic E-state index is 0.0537. The van der Waals surface area contributed by atoms with Crippen LogP contribution in [-0.2, 0) is 11.3 Å². The van der Waals surface area contributed by atoms with Crippen LogP contribution in [0.5, 0.6) is 5.75 Å². The molecule has 0 aliphatic carbocycles. The molecule has 1 atom stereocenters. The molecule has 0 fully saturated rings. The highest BCUT2D eigenvalue weighted by molar-refractivity contribution is 5.30. The van der Waals surface area contributed by atoms with Gasteiger partial charge in [0.1, 0.15) is 11.9 Å². The number of nitrogens with zero attached hydrogens (tertiary/aromatic N) is 1. The van der Waals surface area contributed by atoms with E-state index >= 15 is 0 Å². The van der Waals surface area contributed by atoms with Crippen LogP contribution in [0.4, 0.5) is 0 Å². The van der Waals surface area contributed by atoms with Crippen molar-refractivity contribution in [3.8, 4) is 5.75 Å². The third-order valence-electron chi connectivity index (χ3n) is 2.11. The van der Waals surface area contributed by atoms with Crippen molar-refractivity contribution in [3.05, 3.63) is 24.0 Å². The van der Waals surface area contributed by atoms with Gasteiger partial charge in [0, 0.05) is 31.1 Å². The Morgan fingerprint density at radius 1 is 1.50 bits per heavy atom. The second-order valence-electron chi connectivity index (χ2n) is 3.60. The third-order valence-corrected chi connectivity index (χ3v) is 2.11. The normalized spacial score (nSPS) is 12.4. The molecule has 1 unspecified atom stereocenters. The molecule has 1 N–H and O–H groups in total. The van der Waals surface area contributed by atoms with E-state index in [0.717, 1.165) is 17.9 Å². The first-order chi connectivity index (χ1) is 7.77. The number of nitrogens with one attached hydrogen (secondary N) is 1. The lowest BCUT2D eigenvalue weighted by molar-refractivity contribution is 0.0651. The van der Waals surface area contributed by atoms with E-state index in [1.54, 1.807) is 6.20 Å². The maximum absolute atomic E-state index is 5.80. The summed E-state index contributed by atoms with van der Waals surface area (Å²) in [6.07, 6.45) is 3.61. The van der Waals surface area contributed by atoms with E-state index in [2.05, 4.69) is 10.3 Å². The SMILES string of the molecule is CCOCC(C)Oc1ccncc1CNC. The summed E-state index contributed by atoms with van der Waals surface area (Å²) >= 11 is 0. The Hall–Kier alpha value is -1.13. The predicted octanol–water partition coefficient (Wildman–Crippen LogP) is 1.60. The van der Waals surface area contributed by atoms with Crippen LogP contribution in [0.15, 0.2) is 18.5 Å². The second-order valence-corrected chi connectivity index (χ2v) is 3.60. The highest BCUT2D eigenvalue weighted by Crippen LogP contribution is 2.17. The number of hydrogen-bond donors (Lipinski definition) is 1. The van der Waals surface area contributed by atoms with E-state index in [1.807, 2.05) is 33.2 Å². The molecule has 0 aliphatic heterocycles. The molecule has 1 heterocycles. The van der Waals surface area contributed by atoms with E-state index in [-0.39, 0.29) is 6.10 Å². The van der Waals surface area contributed by atoms with Crippen molar-refractivity contribution in [2.75, 3.05) is 20.3 Å². The molecule has 90 valence electrons. The monoisotopic (exact) mass is 224 g/mol. The zero-order valence-corrected chi connectivity index (χ0v) is 10.2. The van der Waals surface area contributed by atoms with Gasteiger partial charge in [-0.2, -0.15) is 0 Å². The molecule has 0 saturated carbocycles. The Morgan fingerprint density at radius 3 is 3.00 bits per heavy atom. The van der Waals surface area contributed by atoms with Crippen molar-refractivity contribution in [2.45, 2.75) is 26.5 Å². The Morgan fingerprint density at radius 2 is 2.31 bits per heavy atom. The maximum Gasteiger partial charge on any atom is 0.127 e. The van der Waals surface area contributed by atoms with Crippen molar-refractivity contribution in [3.63, 3.8) is 0 Å². The van der Waals surface area contributed by atoms with Gasteiger partial charge < -0.3 is 14.8 Å². The predicted molar refractivity (Wildman–Crippen MR) is 63.6 cm³/mol. The van der Waals surface area contributed by atoms with Gasteiger partial charge in [0.05, 0.1) is 6.61 Å². The third kappa shape index (κ3) is 4.16. The fourth-order valence-corrected chi connectivity index (χ4v) is 1.39. The van der Waals surface area contributed by atoms with Crippen LogP contribution in [-0.4, -0.2) is 31.3 Å². The summed E-state index contributed by atoms with van der Waals surface area (Å²) in [7, 11) is 1.90. The number of aromatic nitrogens is 1. The molecule has 0 saturated heterocycles. The van der Waals surface area contributed by atoms with Gasteiger partial charge in [0.15, 0.2) is 0 Å². The second kappa shape index (κ2) is 7.19. The fraction of sp³-hybridized carbons (Fsp3) is 0.583. The Kier molecular flexibility index (Phi) is 5.82. The van der Waals surface area contributed by atoms with Gasteiger partial charge in [-0.15, -0.1) is 0 Å². The summed E-state index contributed by atoms with van der Waals surface area (Å²) < 4.78 is 11.1. The van der Waals surface area contributed by atoms with Gasteiger partial charge in [0.25, 0.3) is 0 Å². The molecule has 1 aromatic heterocycles. The summed E-state index contributed by atoms with van der Waals surface area (Å²) in [5.74, 6) is 0.872. The van der Waals surface area contributed by atoms with E-state index in [1.165, 1.54) is 0 Å². The van der Waals surface area contributed by atoms with E-state index in [0.29, 0.717) is 13.2 Å². The Balaban J connectivity index is 2.57. The molecule has 1 rings (SSSR count). The van der Waals surface area contributed by atoms with Crippen LogP contribution in [0.2, 0.25) is 0 Å². The van der Waals surface area contributed by atoms with Crippen LogP contribution in [0.3, 0.4) is 0 Å². The topological polar surface area (TPSA) is 43.4 Å². The van der Waals surface area contributed by atoms with Crippen LogP contribution >= 0.6 is 0 Å². The van der Waals surface area contributed by atoms with Gasteiger partial charge in [-0.3, -0.25) is 4.98 Å². The number of rotatable bonds is 7. The summed E-state index contributed by atoms with van der Waals surface area (Å²) in [4.78, 5) is 4.08. The van der Waals surface area contributed by atoms with Crippen molar-refractivity contribution in [2.24, 2.45) is 0 Å². The summed E-state index contributed by atoms with van der Waals surface area (Å²) in [5.41, 5.74) is 1.06. The molecule has 0 aromatic carbocycles. The van der Waals surface area contributed by atoms with Crippen molar-refractivity contribution >= 4 is 0 Å². The number of pyridine rings is 1. The van der Waals surface area contributed by atoms with E-state index in [9.17, 15) is 0 Å². The Labute approximate surface area is 97.0 Å². The van der Waals surface area contributed by atoms with Crippen LogP contribution in [0, 0.1) is 0 Å². The summed E-state index contributed by atoms with van der Waals surface area (Å²) in [5, 5.41) is 3.09. The Bertz CT molecular complexity index is 305. The first-order valence-electron chi connectivity index (χ1n) is 5.59. The van der Waals surface area contributed by atoms with Crippen molar-refractivity contribution in [1.29, 1.82) is 0 Å². The average molecular weight is 224 g/mol. The highest BCUT2D eigenvalue weighted by atomic mass is 16.5. The minimum atomic E-state index is 0.0537. The quantitative estimate of drug-likeness (QED) is 0.764. The zero-order valence-electron chi connectivity index (χ0n) is 10.2. The standard InChI is InChI=1S/C12H20N2O2/c1-4-15-9-10(2)16-12-5-6-14-8-11(12)7-13-3/h5-6,8,10,13H,4,7,9H2,1-3H3. The average Bonchev–Trinajstić information content (AvgIpc) is 2.29. The van der Waals surface area contributed by atoms with E-state index in [4.69, 9.17) is 9.47 Å². The molecule has 0 amide bonds. The molecule has 0 radical (unpaired) electrons. The molecule has 4 nitrogen and oxygen atoms in total. The lowest BCUT2D eigenvalue weighted by Crippen LogP contribution is -2.20. The smallest absolute Gasteiger partial charge is 0.127 e. The molecular formula is C12H20N2O2. The fourth-order valence-electron chi connectivity index (χ4n) is 1.39. The number of ether oxygens (including phenoxy) is 2. The van der Waals surface area contributed by atoms with Gasteiger partial charge >= 0.3 is 0 Å². The largest absolute Gasteiger partial charge is 0.488 e. The molecule has 0 bridgehead atoms. The van der Waals surface area contributed by atoms with Gasteiger partial charge in [0.2, 0.25) is 0 Å². The minimum Gasteiger partial charge on any atom is -0.488 e. The van der Waals surface area contributed by atoms with Crippen LogP contribution in [0.1, 0.15) is 19.4 Å². The van der Waals surface area contributed by atoms with Crippen LogP contribution < -0.4 is 10.1 Å². The lowest BCUT2D eigenvalue weighted by atomic mass is 10.2. The zero-order chi connectivity index (χ0) is 11.8. The van der Waals surface area contributed by atoms with Gasteiger partial charge in [-0.1, -0.05) is 0 Å². The number of hydrogen-bond acceptors (Lipinski definition) is 4. The van der Waals surface area contributed by atoms with Crippen LogP contribution in [0.25, 0.3) is 0 Å². The van der Waals surface area contributed by atoms with Gasteiger partial charge in [-0.05, 0) is 27.0 Å². The molecule has 16 heavy (non-hydrogen) atoms. The maximum atomic E-state index is 5.80. The summed E-state index contributed by atoms with van der Waals surface area (Å²) in [6, 6.07) is 1.88. The molecule has 0 aliphatic rings. The molecule has 1 aromatic rings.